The number of nitrogens with one attached hydrogen (secondary N) is 3. The number of benzene rings is 1. The zero-order chi connectivity index (χ0) is 14.5. The van der Waals surface area contributed by atoms with Crippen molar-refractivity contribution >= 4 is 17.6 Å². The Hall–Kier alpha value is -2.08. The van der Waals surface area contributed by atoms with E-state index in [0.29, 0.717) is 25.1 Å². The van der Waals surface area contributed by atoms with Gasteiger partial charge in [0.15, 0.2) is 0 Å². The lowest BCUT2D eigenvalue weighted by atomic mass is 10.1. The summed E-state index contributed by atoms with van der Waals surface area (Å²) in [4.78, 5) is 22.9. The van der Waals surface area contributed by atoms with E-state index in [1.54, 1.807) is 0 Å². The minimum absolute atomic E-state index is 0.0238. The fourth-order valence-electron chi connectivity index (χ4n) is 2.11. The number of carbonyl (C=O) groups excluding carboxylic acids is 2. The van der Waals surface area contributed by atoms with E-state index in [9.17, 15) is 9.59 Å². The number of carbonyl (C=O) groups is 2. The molecule has 1 fully saturated rings. The lowest BCUT2D eigenvalue weighted by molar-refractivity contribution is -0.122. The molecule has 0 radical (unpaired) electrons. The second-order valence-corrected chi connectivity index (χ2v) is 5.05. The van der Waals surface area contributed by atoms with Crippen molar-refractivity contribution in [1.82, 2.24) is 10.6 Å². The molecule has 3 amide bonds. The molecule has 6 nitrogen and oxygen atoms in total. The predicted octanol–water partition coefficient (Wildman–Crippen LogP) is 1.11. The molecular formula is C14H20N4O2. The van der Waals surface area contributed by atoms with Crippen molar-refractivity contribution < 1.29 is 9.59 Å². The third-order valence-electron chi connectivity index (χ3n) is 3.27. The smallest absolute Gasteiger partial charge is 0.319 e. The Balaban J connectivity index is 1.88. The zero-order valence-corrected chi connectivity index (χ0v) is 11.5. The summed E-state index contributed by atoms with van der Waals surface area (Å²) in [5.74, 6) is 0.0353. The normalized spacial score (nSPS) is 19.9. The minimum atomic E-state index is -0.270. The highest BCUT2D eigenvalue weighted by molar-refractivity contribution is 5.89. The van der Waals surface area contributed by atoms with E-state index in [0.717, 1.165) is 5.56 Å². The fourth-order valence-corrected chi connectivity index (χ4v) is 2.11. The molecule has 0 spiro atoms. The Morgan fingerprint density at radius 3 is 2.95 bits per heavy atom. The van der Waals surface area contributed by atoms with Gasteiger partial charge in [-0.3, -0.25) is 4.79 Å². The second-order valence-electron chi connectivity index (χ2n) is 5.05. The van der Waals surface area contributed by atoms with Crippen LogP contribution >= 0.6 is 0 Å². The van der Waals surface area contributed by atoms with Crippen molar-refractivity contribution in [2.24, 2.45) is 5.73 Å². The largest absolute Gasteiger partial charge is 0.354 e. The maximum Gasteiger partial charge on any atom is 0.319 e. The average molecular weight is 276 g/mol. The van der Waals surface area contributed by atoms with Crippen LogP contribution in [0.4, 0.5) is 10.5 Å². The van der Waals surface area contributed by atoms with Crippen LogP contribution in [0.3, 0.4) is 0 Å². The Labute approximate surface area is 118 Å². The molecule has 0 aromatic heterocycles. The summed E-state index contributed by atoms with van der Waals surface area (Å²) in [6.07, 6.45) is 1.12. The Bertz CT molecular complexity index is 492. The first-order valence-electron chi connectivity index (χ1n) is 6.74. The number of urea groups is 1. The highest BCUT2D eigenvalue weighted by Gasteiger charge is 2.19. The number of anilines is 1. The molecule has 6 heteroatoms. The third-order valence-corrected chi connectivity index (χ3v) is 3.27. The molecule has 1 aliphatic rings. The molecular weight excluding hydrogens is 256 g/mol. The highest BCUT2D eigenvalue weighted by atomic mass is 16.2. The van der Waals surface area contributed by atoms with Crippen LogP contribution in [-0.2, 0) is 4.79 Å². The van der Waals surface area contributed by atoms with Gasteiger partial charge in [-0.05, 0) is 31.0 Å². The summed E-state index contributed by atoms with van der Waals surface area (Å²) < 4.78 is 0. The monoisotopic (exact) mass is 276 g/mol. The molecule has 0 bridgehead atoms. The lowest BCUT2D eigenvalue weighted by Crippen LogP contribution is -2.48. The standard InChI is InChI=1S/C14H20N4O2/c1-9(15)10-3-2-4-11(7-10)17-14(20)18-12-5-6-13(19)16-8-12/h2-4,7,9,12H,5-6,8,15H2,1H3,(H,16,19)(H2,17,18,20). The summed E-state index contributed by atoms with van der Waals surface area (Å²) in [5, 5.41) is 8.35. The first kappa shape index (κ1) is 14.3. The lowest BCUT2D eigenvalue weighted by Gasteiger charge is -2.23. The molecule has 0 aliphatic carbocycles. The molecule has 1 saturated heterocycles. The van der Waals surface area contributed by atoms with Crippen molar-refractivity contribution in [3.8, 4) is 0 Å². The molecule has 1 aliphatic heterocycles. The molecule has 2 atom stereocenters. The van der Waals surface area contributed by atoms with E-state index in [1.165, 1.54) is 0 Å². The number of nitrogens with two attached hydrogens (primary N) is 1. The molecule has 0 saturated carbocycles. The number of rotatable bonds is 3. The number of hydrogen-bond donors (Lipinski definition) is 4. The fraction of sp³-hybridized carbons (Fsp3) is 0.429. The Morgan fingerprint density at radius 1 is 1.50 bits per heavy atom. The van der Waals surface area contributed by atoms with E-state index >= 15 is 0 Å². The van der Waals surface area contributed by atoms with E-state index in [2.05, 4.69) is 16.0 Å². The van der Waals surface area contributed by atoms with Crippen molar-refractivity contribution in [3.05, 3.63) is 29.8 Å². The van der Waals surface area contributed by atoms with Gasteiger partial charge in [-0.2, -0.15) is 0 Å². The van der Waals surface area contributed by atoms with Gasteiger partial charge in [0, 0.05) is 30.7 Å². The van der Waals surface area contributed by atoms with Gasteiger partial charge in [-0.25, -0.2) is 4.79 Å². The van der Waals surface area contributed by atoms with Crippen LogP contribution in [-0.4, -0.2) is 24.5 Å². The quantitative estimate of drug-likeness (QED) is 0.665. The summed E-state index contributed by atoms with van der Waals surface area (Å²) in [6.45, 7) is 2.37. The van der Waals surface area contributed by atoms with Gasteiger partial charge >= 0.3 is 6.03 Å². The van der Waals surface area contributed by atoms with E-state index in [-0.39, 0.29) is 24.0 Å². The summed E-state index contributed by atoms with van der Waals surface area (Å²) >= 11 is 0. The van der Waals surface area contributed by atoms with Crippen LogP contribution in [0, 0.1) is 0 Å². The zero-order valence-electron chi connectivity index (χ0n) is 11.5. The number of hydrogen-bond acceptors (Lipinski definition) is 3. The third kappa shape index (κ3) is 3.96. The summed E-state index contributed by atoms with van der Waals surface area (Å²) in [6, 6.07) is 7.08. The maximum atomic E-state index is 11.9. The molecule has 108 valence electrons. The Kier molecular flexibility index (Phi) is 4.57. The van der Waals surface area contributed by atoms with Crippen molar-refractivity contribution in [3.63, 3.8) is 0 Å². The average Bonchev–Trinajstić information content (AvgIpc) is 2.41. The van der Waals surface area contributed by atoms with E-state index in [4.69, 9.17) is 5.73 Å². The molecule has 1 aromatic carbocycles. The first-order chi connectivity index (χ1) is 9.54. The molecule has 1 heterocycles. The van der Waals surface area contributed by atoms with E-state index in [1.807, 2.05) is 31.2 Å². The van der Waals surface area contributed by atoms with Crippen LogP contribution < -0.4 is 21.7 Å². The summed E-state index contributed by atoms with van der Waals surface area (Å²) in [5.41, 5.74) is 7.48. The van der Waals surface area contributed by atoms with Gasteiger partial charge < -0.3 is 21.7 Å². The number of piperidine rings is 1. The molecule has 20 heavy (non-hydrogen) atoms. The topological polar surface area (TPSA) is 96.2 Å². The van der Waals surface area contributed by atoms with Crippen molar-refractivity contribution in [1.29, 1.82) is 0 Å². The van der Waals surface area contributed by atoms with Crippen molar-refractivity contribution in [2.45, 2.75) is 31.8 Å². The van der Waals surface area contributed by atoms with Gasteiger partial charge in [-0.1, -0.05) is 12.1 Å². The van der Waals surface area contributed by atoms with Gasteiger partial charge in [0.25, 0.3) is 0 Å². The molecule has 2 rings (SSSR count). The molecule has 1 aromatic rings. The van der Waals surface area contributed by atoms with Crippen LogP contribution in [0.5, 0.6) is 0 Å². The van der Waals surface area contributed by atoms with Gasteiger partial charge in [-0.15, -0.1) is 0 Å². The highest BCUT2D eigenvalue weighted by Crippen LogP contribution is 2.15. The SMILES string of the molecule is CC(N)c1cccc(NC(=O)NC2CCC(=O)NC2)c1. The minimum Gasteiger partial charge on any atom is -0.354 e. The van der Waals surface area contributed by atoms with Gasteiger partial charge in [0.1, 0.15) is 0 Å². The predicted molar refractivity (Wildman–Crippen MR) is 77.2 cm³/mol. The van der Waals surface area contributed by atoms with Crippen molar-refractivity contribution in [2.75, 3.05) is 11.9 Å². The van der Waals surface area contributed by atoms with Gasteiger partial charge in [0.05, 0.1) is 0 Å². The van der Waals surface area contributed by atoms with Crippen LogP contribution in [0.15, 0.2) is 24.3 Å². The summed E-state index contributed by atoms with van der Waals surface area (Å²) in [7, 11) is 0. The Morgan fingerprint density at radius 2 is 2.30 bits per heavy atom. The van der Waals surface area contributed by atoms with Crippen LogP contribution in [0.2, 0.25) is 0 Å². The van der Waals surface area contributed by atoms with Gasteiger partial charge in [0.2, 0.25) is 5.91 Å². The van der Waals surface area contributed by atoms with Crippen LogP contribution in [0.25, 0.3) is 0 Å². The van der Waals surface area contributed by atoms with Crippen LogP contribution in [0.1, 0.15) is 31.4 Å². The maximum absolute atomic E-state index is 11.9. The molecule has 2 unspecified atom stereocenters. The van der Waals surface area contributed by atoms with E-state index < -0.39 is 0 Å². The first-order valence-corrected chi connectivity index (χ1v) is 6.74. The molecule has 5 N–H and O–H groups in total. The second kappa shape index (κ2) is 6.38. The number of amides is 3.